The van der Waals surface area contributed by atoms with Gasteiger partial charge in [-0.1, -0.05) is 13.8 Å². The average Bonchev–Trinajstić information content (AvgIpc) is 3.39. The number of carbonyl (C=O) groups is 1. The first-order valence-electron chi connectivity index (χ1n) is 14.9. The third-order valence-electron chi connectivity index (χ3n) is 13.2. The van der Waals surface area contributed by atoms with Gasteiger partial charge in [-0.05, 0) is 101 Å². The van der Waals surface area contributed by atoms with E-state index in [2.05, 4.69) is 34.6 Å². The molecule has 208 valence electrons. The second-order valence-corrected chi connectivity index (χ2v) is 15.0. The highest BCUT2D eigenvalue weighted by molar-refractivity contribution is 5.66. The van der Waals surface area contributed by atoms with Gasteiger partial charge in [-0.3, -0.25) is 4.79 Å². The molecule has 0 unspecified atom stereocenters. The second kappa shape index (κ2) is 7.51. The van der Waals surface area contributed by atoms with Gasteiger partial charge in [0.2, 0.25) is 0 Å². The highest BCUT2D eigenvalue weighted by Gasteiger charge is 2.84. The number of aliphatic hydroxyl groups excluding tert-OH is 2. The van der Waals surface area contributed by atoms with Crippen LogP contribution in [0.4, 0.5) is 0 Å². The van der Waals surface area contributed by atoms with E-state index in [1.54, 1.807) is 0 Å². The van der Waals surface area contributed by atoms with Crippen LogP contribution in [0.2, 0.25) is 0 Å². The Balaban J connectivity index is 1.21. The van der Waals surface area contributed by atoms with Gasteiger partial charge in [0.15, 0.2) is 12.1 Å². The molecular weight excluding hydrogens is 472 g/mol. The average molecular weight is 519 g/mol. The molecule has 4 saturated carbocycles. The molecule has 2 spiro atoms. The fraction of sp³-hybridized carbons (Fsp3) is 0.967. The predicted octanol–water partition coefficient (Wildman–Crippen LogP) is 4.18. The van der Waals surface area contributed by atoms with Crippen molar-refractivity contribution in [2.75, 3.05) is 0 Å². The summed E-state index contributed by atoms with van der Waals surface area (Å²) in [6.45, 7) is 12.5. The van der Waals surface area contributed by atoms with Crippen LogP contribution >= 0.6 is 0 Å². The minimum absolute atomic E-state index is 0.00144. The number of ether oxygens (including phenoxy) is 4. The van der Waals surface area contributed by atoms with Crippen LogP contribution in [0.15, 0.2) is 0 Å². The molecule has 3 heterocycles. The lowest BCUT2D eigenvalue weighted by molar-refractivity contribution is -0.315. The molecule has 7 nitrogen and oxygen atoms in total. The van der Waals surface area contributed by atoms with Gasteiger partial charge < -0.3 is 29.2 Å². The molecule has 0 amide bonds. The molecule has 3 aliphatic heterocycles. The Kier molecular flexibility index (Phi) is 5.13. The lowest BCUT2D eigenvalue weighted by Gasteiger charge is -2.62. The molecule has 0 aromatic heterocycles. The van der Waals surface area contributed by atoms with Crippen molar-refractivity contribution >= 4 is 5.97 Å². The monoisotopic (exact) mass is 518 g/mol. The zero-order chi connectivity index (χ0) is 26.3. The Hall–Kier alpha value is -0.730. The maximum Gasteiger partial charge on any atom is 0.302 e. The van der Waals surface area contributed by atoms with Crippen molar-refractivity contribution < 1.29 is 34.0 Å². The van der Waals surface area contributed by atoms with Gasteiger partial charge >= 0.3 is 5.97 Å². The number of rotatable bonds is 1. The summed E-state index contributed by atoms with van der Waals surface area (Å²) in [6, 6.07) is 0. The van der Waals surface area contributed by atoms with E-state index >= 15 is 0 Å². The van der Waals surface area contributed by atoms with Crippen LogP contribution in [0.5, 0.6) is 0 Å². The topological polar surface area (TPSA) is 94.5 Å². The molecule has 0 aromatic carbocycles. The number of hydrogen-bond donors (Lipinski definition) is 2. The van der Waals surface area contributed by atoms with E-state index in [0.717, 1.165) is 44.9 Å². The number of carbonyl (C=O) groups excluding carboxylic acids is 1. The first-order valence-corrected chi connectivity index (χ1v) is 14.9. The zero-order valence-corrected chi connectivity index (χ0v) is 23.4. The number of hydrogen-bond acceptors (Lipinski definition) is 7. The molecular formula is C30H46O7. The Labute approximate surface area is 220 Å². The van der Waals surface area contributed by atoms with Crippen LogP contribution in [-0.4, -0.2) is 57.8 Å². The first kappa shape index (κ1) is 25.3. The van der Waals surface area contributed by atoms with Gasteiger partial charge in [0.25, 0.3) is 0 Å². The van der Waals surface area contributed by atoms with Crippen molar-refractivity contribution in [3.8, 4) is 0 Å². The van der Waals surface area contributed by atoms with Gasteiger partial charge in [-0.2, -0.15) is 0 Å². The highest BCUT2D eigenvalue weighted by atomic mass is 16.8. The lowest BCUT2D eigenvalue weighted by Crippen LogP contribution is -2.61. The Morgan fingerprint density at radius 2 is 1.76 bits per heavy atom. The number of fused-ring (bicyclic) bond motifs is 5. The maximum atomic E-state index is 12.0. The summed E-state index contributed by atoms with van der Waals surface area (Å²) in [5, 5.41) is 23.7. The molecule has 0 bridgehead atoms. The van der Waals surface area contributed by atoms with Gasteiger partial charge in [0.1, 0.15) is 11.7 Å². The van der Waals surface area contributed by atoms with Crippen LogP contribution in [0.3, 0.4) is 0 Å². The third kappa shape index (κ3) is 2.94. The summed E-state index contributed by atoms with van der Waals surface area (Å²) >= 11 is 0. The van der Waals surface area contributed by atoms with E-state index in [9.17, 15) is 15.0 Å². The van der Waals surface area contributed by atoms with Gasteiger partial charge in [0, 0.05) is 24.7 Å². The molecule has 14 atom stereocenters. The molecule has 7 heteroatoms. The fourth-order valence-corrected chi connectivity index (χ4v) is 11.5. The summed E-state index contributed by atoms with van der Waals surface area (Å²) < 4.78 is 25.8. The van der Waals surface area contributed by atoms with Crippen LogP contribution in [0.1, 0.15) is 92.9 Å². The van der Waals surface area contributed by atoms with Crippen LogP contribution in [0, 0.1) is 46.3 Å². The Bertz CT molecular complexity index is 998. The molecule has 2 N–H and O–H groups in total. The molecule has 7 aliphatic rings. The summed E-state index contributed by atoms with van der Waals surface area (Å²) in [4.78, 5) is 11.6. The van der Waals surface area contributed by atoms with Gasteiger partial charge in [-0.25, -0.2) is 0 Å². The quantitative estimate of drug-likeness (QED) is 0.503. The molecule has 37 heavy (non-hydrogen) atoms. The smallest absolute Gasteiger partial charge is 0.302 e. The summed E-state index contributed by atoms with van der Waals surface area (Å²) in [7, 11) is 0. The largest absolute Gasteiger partial charge is 0.463 e. The summed E-state index contributed by atoms with van der Waals surface area (Å²) in [6.07, 6.45) is 5.65. The normalized spacial score (nSPS) is 61.1. The van der Waals surface area contributed by atoms with Gasteiger partial charge in [0.05, 0.1) is 17.8 Å². The zero-order valence-electron chi connectivity index (χ0n) is 23.4. The minimum atomic E-state index is -0.915. The van der Waals surface area contributed by atoms with E-state index in [-0.39, 0.29) is 46.9 Å². The highest BCUT2D eigenvalue weighted by Crippen LogP contribution is 2.77. The SMILES string of the molecule is CC(=O)O[C@@H]1CC[C@@]2(C)[C@@H](CC[C@@H]3[C@@H]2[C@@H](O)C[C@]24[C@H](O)O[C@]5(C)[C@H]2[C@H](C[C@@H]34)O[C@]52C[C@H](C)C(C)(C)O2)C1. The maximum absolute atomic E-state index is 12.0. The van der Waals surface area contributed by atoms with E-state index < -0.39 is 29.2 Å². The molecule has 0 aromatic rings. The third-order valence-corrected chi connectivity index (χ3v) is 13.2. The Morgan fingerprint density at radius 3 is 2.43 bits per heavy atom. The predicted molar refractivity (Wildman–Crippen MR) is 134 cm³/mol. The van der Waals surface area contributed by atoms with E-state index in [1.165, 1.54) is 6.92 Å². The van der Waals surface area contributed by atoms with E-state index in [0.29, 0.717) is 24.2 Å². The lowest BCUT2D eigenvalue weighted by atomic mass is 9.43. The summed E-state index contributed by atoms with van der Waals surface area (Å²) in [5.74, 6) is 0.523. The fourth-order valence-electron chi connectivity index (χ4n) is 11.5. The second-order valence-electron chi connectivity index (χ2n) is 15.0. The first-order chi connectivity index (χ1) is 17.3. The number of aliphatic hydroxyl groups is 2. The Morgan fingerprint density at radius 1 is 1.00 bits per heavy atom. The van der Waals surface area contributed by atoms with Crippen molar-refractivity contribution in [1.82, 2.24) is 0 Å². The van der Waals surface area contributed by atoms with Crippen LogP contribution < -0.4 is 0 Å². The standard InChI is InChI=1S/C30H46O7/c1-15-13-30(37-26(15,3)4)28(6)24-22(35-30)12-20-19-8-7-17-11-18(34-16(2)31)9-10-27(17,5)23(19)21(32)14-29(20,24)25(33)36-28/h15,17-25,32-33H,7-14H2,1-6H3/t15-,17-,18+,19-,20-,21-,22-,23+,24+,25+,27-,28+,29+,30-/m0/s1. The van der Waals surface area contributed by atoms with E-state index in [4.69, 9.17) is 18.9 Å². The molecule has 4 aliphatic carbocycles. The van der Waals surface area contributed by atoms with Crippen LogP contribution in [-0.2, 0) is 23.7 Å². The van der Waals surface area contributed by atoms with Crippen LogP contribution in [0.25, 0.3) is 0 Å². The van der Waals surface area contributed by atoms with E-state index in [1.807, 2.05) is 0 Å². The molecule has 7 rings (SSSR count). The van der Waals surface area contributed by atoms with Crippen molar-refractivity contribution in [2.45, 2.75) is 135 Å². The minimum Gasteiger partial charge on any atom is -0.463 e. The molecule has 0 radical (unpaired) electrons. The van der Waals surface area contributed by atoms with Crippen molar-refractivity contribution in [3.05, 3.63) is 0 Å². The van der Waals surface area contributed by atoms with Crippen molar-refractivity contribution in [2.24, 2.45) is 46.3 Å². The van der Waals surface area contributed by atoms with Crippen molar-refractivity contribution in [3.63, 3.8) is 0 Å². The number of esters is 1. The molecule has 3 saturated heterocycles. The van der Waals surface area contributed by atoms with Crippen molar-refractivity contribution in [1.29, 1.82) is 0 Å². The van der Waals surface area contributed by atoms with Gasteiger partial charge in [-0.15, -0.1) is 0 Å². The summed E-state index contributed by atoms with van der Waals surface area (Å²) in [5.41, 5.74) is -1.53. The molecule has 7 fully saturated rings.